The predicted molar refractivity (Wildman–Crippen MR) is 75.7 cm³/mol. The third-order valence-electron chi connectivity index (χ3n) is 2.66. The molecule has 1 N–H and O–H groups in total. The minimum Gasteiger partial charge on any atom is -0.288 e. The maximum absolute atomic E-state index is 12.0. The van der Waals surface area contributed by atoms with Crippen molar-refractivity contribution in [1.29, 1.82) is 0 Å². The molecule has 1 aliphatic rings. The first-order valence-electron chi connectivity index (χ1n) is 5.51. The second kappa shape index (κ2) is 4.71. The van der Waals surface area contributed by atoms with Gasteiger partial charge in [0.05, 0.1) is 5.70 Å². The number of aromatic nitrogens is 3. The molecule has 2 heterocycles. The van der Waals surface area contributed by atoms with Crippen LogP contribution in [0.1, 0.15) is 11.3 Å². The minimum absolute atomic E-state index is 0.197. The summed E-state index contributed by atoms with van der Waals surface area (Å²) < 4.78 is 1.40. The van der Waals surface area contributed by atoms with E-state index in [1.807, 2.05) is 17.5 Å². The summed E-state index contributed by atoms with van der Waals surface area (Å²) in [7, 11) is 0. The Balaban J connectivity index is 2.01. The molecule has 1 aromatic heterocycles. The van der Waals surface area contributed by atoms with E-state index in [1.165, 1.54) is 16.4 Å². The molecule has 0 atom stereocenters. The summed E-state index contributed by atoms with van der Waals surface area (Å²) in [6, 6.07) is 7.38. The zero-order chi connectivity index (χ0) is 13.4. The quantitative estimate of drug-likeness (QED) is 0.873. The van der Waals surface area contributed by atoms with Crippen LogP contribution in [0.2, 0.25) is 5.02 Å². The summed E-state index contributed by atoms with van der Waals surface area (Å²) in [6.07, 6.45) is 0. The van der Waals surface area contributed by atoms with Gasteiger partial charge in [0.25, 0.3) is 5.56 Å². The Labute approximate surface area is 118 Å². The van der Waals surface area contributed by atoms with E-state index in [-0.39, 0.29) is 5.56 Å². The standard InChI is InChI=1S/C12H9ClN4OS/c1-7-11(18)17-12(15-14-7)19-6-10(16-17)8-2-4-9(13)5-3-8/h2-6,16H,1H3. The van der Waals surface area contributed by atoms with Gasteiger partial charge in [-0.15, -0.1) is 10.2 Å². The number of fused-ring (bicyclic) bond motifs is 1. The van der Waals surface area contributed by atoms with E-state index < -0.39 is 0 Å². The zero-order valence-electron chi connectivity index (χ0n) is 9.92. The van der Waals surface area contributed by atoms with Gasteiger partial charge in [-0.3, -0.25) is 10.2 Å². The Morgan fingerprint density at radius 2 is 2.00 bits per heavy atom. The lowest BCUT2D eigenvalue weighted by molar-refractivity contribution is 0.669. The molecule has 96 valence electrons. The summed E-state index contributed by atoms with van der Waals surface area (Å²) in [6.45, 7) is 1.63. The van der Waals surface area contributed by atoms with Gasteiger partial charge in [0, 0.05) is 16.0 Å². The Bertz CT molecular complexity index is 723. The van der Waals surface area contributed by atoms with Gasteiger partial charge < -0.3 is 0 Å². The van der Waals surface area contributed by atoms with Crippen LogP contribution in [-0.2, 0) is 0 Å². The fourth-order valence-corrected chi connectivity index (χ4v) is 2.51. The summed E-state index contributed by atoms with van der Waals surface area (Å²) in [5.41, 5.74) is 4.97. The third-order valence-corrected chi connectivity index (χ3v) is 3.74. The van der Waals surface area contributed by atoms with Crippen molar-refractivity contribution < 1.29 is 0 Å². The van der Waals surface area contributed by atoms with Crippen molar-refractivity contribution in [3.05, 3.63) is 56.3 Å². The summed E-state index contributed by atoms with van der Waals surface area (Å²) in [5.74, 6) is 0. The van der Waals surface area contributed by atoms with Crippen LogP contribution in [0, 0.1) is 6.92 Å². The van der Waals surface area contributed by atoms with Crippen LogP contribution in [0.5, 0.6) is 0 Å². The van der Waals surface area contributed by atoms with Gasteiger partial charge in [-0.2, -0.15) is 4.68 Å². The molecule has 0 fully saturated rings. The highest BCUT2D eigenvalue weighted by atomic mass is 35.5. The molecule has 0 radical (unpaired) electrons. The average Bonchev–Trinajstić information content (AvgIpc) is 2.44. The van der Waals surface area contributed by atoms with Crippen molar-refractivity contribution in [2.24, 2.45) is 0 Å². The summed E-state index contributed by atoms with van der Waals surface area (Å²) in [4.78, 5) is 12.0. The normalized spacial score (nSPS) is 13.5. The largest absolute Gasteiger partial charge is 0.294 e. The lowest BCUT2D eigenvalue weighted by atomic mass is 10.2. The maximum atomic E-state index is 12.0. The molecule has 0 amide bonds. The number of rotatable bonds is 1. The number of nitrogens with zero attached hydrogens (tertiary/aromatic N) is 3. The number of hydrogen-bond acceptors (Lipinski definition) is 5. The first-order chi connectivity index (χ1) is 9.15. The van der Waals surface area contributed by atoms with E-state index in [4.69, 9.17) is 11.6 Å². The Morgan fingerprint density at radius 3 is 2.74 bits per heavy atom. The predicted octanol–water partition coefficient (Wildman–Crippen LogP) is 2.25. The first-order valence-corrected chi connectivity index (χ1v) is 6.77. The SMILES string of the molecule is Cc1nnc2n(c1=O)NC(c1ccc(Cl)cc1)=CS2. The van der Waals surface area contributed by atoms with Gasteiger partial charge in [0.1, 0.15) is 5.69 Å². The van der Waals surface area contributed by atoms with Crippen molar-refractivity contribution in [2.45, 2.75) is 12.1 Å². The molecule has 1 aromatic carbocycles. The van der Waals surface area contributed by atoms with E-state index in [2.05, 4.69) is 15.6 Å². The lowest BCUT2D eigenvalue weighted by Crippen LogP contribution is -2.34. The Kier molecular flexibility index (Phi) is 3.04. The Hall–Kier alpha value is -1.79. The third kappa shape index (κ3) is 2.24. The van der Waals surface area contributed by atoms with Crippen LogP contribution < -0.4 is 11.0 Å². The zero-order valence-corrected chi connectivity index (χ0v) is 11.5. The van der Waals surface area contributed by atoms with Crippen molar-refractivity contribution in [2.75, 3.05) is 5.43 Å². The molecule has 0 unspecified atom stereocenters. The van der Waals surface area contributed by atoms with Gasteiger partial charge >= 0.3 is 0 Å². The molecule has 0 spiro atoms. The molecule has 19 heavy (non-hydrogen) atoms. The molecule has 0 saturated heterocycles. The van der Waals surface area contributed by atoms with Crippen molar-refractivity contribution in [3.8, 4) is 0 Å². The molecule has 5 nitrogen and oxygen atoms in total. The highest BCUT2D eigenvalue weighted by molar-refractivity contribution is 8.02. The lowest BCUT2D eigenvalue weighted by Gasteiger charge is -2.19. The maximum Gasteiger partial charge on any atom is 0.294 e. The smallest absolute Gasteiger partial charge is 0.288 e. The molecule has 0 saturated carbocycles. The first kappa shape index (κ1) is 12.3. The van der Waals surface area contributed by atoms with Gasteiger partial charge in [0.15, 0.2) is 0 Å². The molecular weight excluding hydrogens is 284 g/mol. The monoisotopic (exact) mass is 292 g/mol. The van der Waals surface area contributed by atoms with Crippen LogP contribution in [0.15, 0.2) is 39.6 Å². The molecule has 0 aliphatic carbocycles. The second-order valence-corrected chi connectivity index (χ2v) is 5.25. The van der Waals surface area contributed by atoms with E-state index in [0.717, 1.165) is 11.3 Å². The number of benzene rings is 1. The minimum atomic E-state index is -0.197. The van der Waals surface area contributed by atoms with Crippen LogP contribution in [0.4, 0.5) is 0 Å². The average molecular weight is 293 g/mol. The van der Waals surface area contributed by atoms with Crippen LogP contribution in [0.25, 0.3) is 5.70 Å². The van der Waals surface area contributed by atoms with Gasteiger partial charge in [-0.25, -0.2) is 0 Å². The van der Waals surface area contributed by atoms with E-state index in [0.29, 0.717) is 15.9 Å². The highest BCUT2D eigenvalue weighted by Crippen LogP contribution is 2.26. The summed E-state index contributed by atoms with van der Waals surface area (Å²) >= 11 is 7.21. The number of halogens is 1. The number of aryl methyl sites for hydroxylation is 1. The molecule has 0 bridgehead atoms. The van der Waals surface area contributed by atoms with Gasteiger partial charge in [-0.1, -0.05) is 35.5 Å². The van der Waals surface area contributed by atoms with E-state index in [1.54, 1.807) is 19.1 Å². The molecule has 1 aliphatic heterocycles. The molecular formula is C12H9ClN4OS. The molecule has 3 rings (SSSR count). The number of hydrogen-bond donors (Lipinski definition) is 1. The molecule has 2 aromatic rings. The van der Waals surface area contributed by atoms with Gasteiger partial charge in [0.2, 0.25) is 5.16 Å². The fourth-order valence-electron chi connectivity index (χ4n) is 1.65. The molecule has 7 heteroatoms. The number of thioether (sulfide) groups is 1. The van der Waals surface area contributed by atoms with Crippen LogP contribution in [-0.4, -0.2) is 14.9 Å². The highest BCUT2D eigenvalue weighted by Gasteiger charge is 2.16. The Morgan fingerprint density at radius 1 is 1.26 bits per heavy atom. The van der Waals surface area contributed by atoms with Crippen molar-refractivity contribution in [1.82, 2.24) is 14.9 Å². The van der Waals surface area contributed by atoms with Gasteiger partial charge in [-0.05, 0) is 19.1 Å². The number of nitrogens with one attached hydrogen (secondary N) is 1. The second-order valence-electron chi connectivity index (χ2n) is 3.98. The topological polar surface area (TPSA) is 59.8 Å². The van der Waals surface area contributed by atoms with Crippen LogP contribution in [0.3, 0.4) is 0 Å². The fraction of sp³-hybridized carbons (Fsp3) is 0.0833. The van der Waals surface area contributed by atoms with Crippen LogP contribution >= 0.6 is 23.4 Å². The summed E-state index contributed by atoms with van der Waals surface area (Å²) in [5, 5.41) is 10.9. The van der Waals surface area contributed by atoms with Crippen molar-refractivity contribution in [3.63, 3.8) is 0 Å². The van der Waals surface area contributed by atoms with E-state index >= 15 is 0 Å². The van der Waals surface area contributed by atoms with E-state index in [9.17, 15) is 4.79 Å². The van der Waals surface area contributed by atoms with Crippen molar-refractivity contribution >= 4 is 29.1 Å².